The van der Waals surface area contributed by atoms with Crippen molar-refractivity contribution in [3.05, 3.63) is 11.6 Å². The van der Waals surface area contributed by atoms with E-state index in [0.717, 1.165) is 37.7 Å². The Labute approximate surface area is 186 Å². The molecule has 0 bridgehead atoms. The molecule has 0 saturated heterocycles. The Morgan fingerprint density at radius 2 is 2.03 bits per heavy atom. The number of hydrogen-bond acceptors (Lipinski definition) is 4. The number of carbonyl (C=O) groups is 2. The minimum Gasteiger partial charge on any atom is -0.393 e. The van der Waals surface area contributed by atoms with E-state index in [1.807, 2.05) is 6.92 Å². The first kappa shape index (κ1) is 22.8. The zero-order valence-corrected chi connectivity index (χ0v) is 19.5. The average molecular weight is 433 g/mol. The minimum atomic E-state index is -1.43. The van der Waals surface area contributed by atoms with Crippen LogP contribution in [0.1, 0.15) is 72.6 Å². The molecule has 0 aromatic rings. The number of rotatable bonds is 4. The molecule has 4 aliphatic rings. The van der Waals surface area contributed by atoms with E-state index in [-0.39, 0.29) is 35.0 Å². The van der Waals surface area contributed by atoms with Crippen LogP contribution in [-0.2, 0) is 9.59 Å². The van der Waals surface area contributed by atoms with Gasteiger partial charge in [-0.2, -0.15) is 0 Å². The van der Waals surface area contributed by atoms with E-state index in [1.165, 1.54) is 0 Å². The number of amides is 2. The Kier molecular flexibility index (Phi) is 5.79. The number of allylic oxidation sites excluding steroid dienone is 1. The maximum atomic E-state index is 13.2. The fourth-order valence-corrected chi connectivity index (χ4v) is 7.69. The number of aliphatic hydroxyl groups excluding tert-OH is 1. The van der Waals surface area contributed by atoms with E-state index < -0.39 is 17.1 Å². The number of aliphatic hydroxyl groups is 2. The third-order valence-corrected chi connectivity index (χ3v) is 9.45. The van der Waals surface area contributed by atoms with E-state index in [9.17, 15) is 19.8 Å². The van der Waals surface area contributed by atoms with Crippen molar-refractivity contribution in [3.63, 3.8) is 0 Å². The highest BCUT2D eigenvalue weighted by molar-refractivity contribution is 5.89. The molecule has 7 atom stereocenters. The van der Waals surface area contributed by atoms with Gasteiger partial charge in [0.25, 0.3) is 5.91 Å². The fourth-order valence-electron chi connectivity index (χ4n) is 7.69. The molecule has 31 heavy (non-hydrogen) atoms. The van der Waals surface area contributed by atoms with Crippen molar-refractivity contribution in [2.24, 2.45) is 34.5 Å². The Morgan fingerprint density at radius 3 is 2.74 bits per heavy atom. The van der Waals surface area contributed by atoms with Crippen molar-refractivity contribution in [3.8, 4) is 0 Å². The first-order chi connectivity index (χ1) is 14.5. The van der Waals surface area contributed by atoms with Gasteiger partial charge in [0.15, 0.2) is 0 Å². The van der Waals surface area contributed by atoms with Crippen LogP contribution in [0.2, 0.25) is 0 Å². The van der Waals surface area contributed by atoms with Crippen LogP contribution >= 0.6 is 0 Å². The van der Waals surface area contributed by atoms with Gasteiger partial charge in [0.05, 0.1) is 6.10 Å². The Balaban J connectivity index is 1.61. The van der Waals surface area contributed by atoms with Crippen LogP contribution in [0.4, 0.5) is 0 Å². The normalized spacial score (nSPS) is 44.5. The molecule has 0 spiro atoms. The van der Waals surface area contributed by atoms with Crippen LogP contribution < -0.4 is 10.6 Å². The molecule has 0 aromatic carbocycles. The molecule has 3 aliphatic carbocycles. The van der Waals surface area contributed by atoms with Gasteiger partial charge in [0, 0.05) is 24.6 Å². The predicted octanol–water partition coefficient (Wildman–Crippen LogP) is 2.54. The molecule has 4 N–H and O–H groups in total. The molecule has 1 heterocycles. The highest BCUT2D eigenvalue weighted by Crippen LogP contribution is 2.67. The molecule has 174 valence electrons. The first-order valence-electron chi connectivity index (χ1n) is 12.2. The fraction of sp³-hybridized carbons (Fsp3) is 0.840. The molecular weight excluding hydrogens is 392 g/mol. The maximum Gasteiger partial charge on any atom is 0.252 e. The lowest BCUT2D eigenvalue weighted by Crippen LogP contribution is -2.63. The number of nitrogens with one attached hydrogen (secondary N) is 2. The van der Waals surface area contributed by atoms with Crippen LogP contribution in [0.15, 0.2) is 11.6 Å². The SMILES string of the molecule is CC(C)CCNC(=O)[C@@]1(O)CCC2C3CCC4=CC(=O)NCC[C@]4(C)C3[C@@H](O)C[C@@]21C. The quantitative estimate of drug-likeness (QED) is 0.549. The van der Waals surface area contributed by atoms with Gasteiger partial charge in [0.1, 0.15) is 5.60 Å². The summed E-state index contributed by atoms with van der Waals surface area (Å²) < 4.78 is 0. The van der Waals surface area contributed by atoms with Crippen molar-refractivity contribution in [1.82, 2.24) is 10.6 Å². The predicted molar refractivity (Wildman–Crippen MR) is 119 cm³/mol. The Hall–Kier alpha value is -1.40. The molecule has 6 nitrogen and oxygen atoms in total. The largest absolute Gasteiger partial charge is 0.393 e. The van der Waals surface area contributed by atoms with Crippen molar-refractivity contribution < 1.29 is 19.8 Å². The standard InChI is InChI=1S/C25H40N2O4/c1-15(2)8-11-27-22(30)25(31)9-7-18-17-6-5-16-13-20(29)26-12-10-23(16,3)21(17)19(28)14-24(18,25)4/h13,15,17-19,21,28,31H,5-12,14H2,1-4H3,(H,26,29)(H,27,30)/t17?,18?,19-,21?,23-,24-,25-/m0/s1. The second-order valence-electron chi connectivity index (χ2n) is 11.5. The van der Waals surface area contributed by atoms with Crippen molar-refractivity contribution in [1.29, 1.82) is 0 Å². The van der Waals surface area contributed by atoms with Gasteiger partial charge in [-0.05, 0) is 74.0 Å². The Morgan fingerprint density at radius 1 is 1.29 bits per heavy atom. The summed E-state index contributed by atoms with van der Waals surface area (Å²) in [5.74, 6) is 0.708. The van der Waals surface area contributed by atoms with Crippen molar-refractivity contribution >= 4 is 11.8 Å². The van der Waals surface area contributed by atoms with Gasteiger partial charge in [-0.25, -0.2) is 0 Å². The topological polar surface area (TPSA) is 98.7 Å². The molecular formula is C25H40N2O4. The molecule has 3 saturated carbocycles. The Bertz CT molecular complexity index is 779. The van der Waals surface area contributed by atoms with Gasteiger partial charge >= 0.3 is 0 Å². The van der Waals surface area contributed by atoms with E-state index in [2.05, 4.69) is 31.4 Å². The number of carbonyl (C=O) groups excluding carboxylic acids is 2. The van der Waals surface area contributed by atoms with Gasteiger partial charge in [0.2, 0.25) is 5.91 Å². The number of hydrogen-bond donors (Lipinski definition) is 4. The minimum absolute atomic E-state index is 0.0272. The van der Waals surface area contributed by atoms with Crippen LogP contribution in [0, 0.1) is 34.5 Å². The van der Waals surface area contributed by atoms with Crippen LogP contribution in [0.25, 0.3) is 0 Å². The summed E-state index contributed by atoms with van der Waals surface area (Å²) in [6.07, 6.45) is 6.32. The molecule has 0 radical (unpaired) electrons. The first-order valence-corrected chi connectivity index (χ1v) is 12.2. The van der Waals surface area contributed by atoms with E-state index in [4.69, 9.17) is 0 Å². The summed E-state index contributed by atoms with van der Waals surface area (Å²) in [6.45, 7) is 9.67. The van der Waals surface area contributed by atoms with Crippen LogP contribution in [-0.4, -0.2) is 46.8 Å². The van der Waals surface area contributed by atoms with Crippen molar-refractivity contribution in [2.75, 3.05) is 13.1 Å². The average Bonchev–Trinajstić information content (AvgIpc) is 2.84. The third kappa shape index (κ3) is 3.45. The lowest BCUT2D eigenvalue weighted by atomic mass is 9.46. The summed E-state index contributed by atoms with van der Waals surface area (Å²) in [5.41, 5.74) is -1.13. The molecule has 3 fully saturated rings. The van der Waals surface area contributed by atoms with Gasteiger partial charge in [-0.1, -0.05) is 33.3 Å². The number of fused-ring (bicyclic) bond motifs is 5. The second-order valence-corrected chi connectivity index (χ2v) is 11.5. The summed E-state index contributed by atoms with van der Waals surface area (Å²) in [6, 6.07) is 0. The lowest BCUT2D eigenvalue weighted by molar-refractivity contribution is -0.181. The third-order valence-electron chi connectivity index (χ3n) is 9.45. The van der Waals surface area contributed by atoms with Crippen molar-refractivity contribution in [2.45, 2.75) is 84.3 Å². The van der Waals surface area contributed by atoms with E-state index in [1.54, 1.807) is 6.08 Å². The highest BCUT2D eigenvalue weighted by atomic mass is 16.3. The summed E-state index contributed by atoms with van der Waals surface area (Å²) in [5, 5.41) is 29.1. The highest BCUT2D eigenvalue weighted by Gasteiger charge is 2.68. The molecule has 6 heteroatoms. The van der Waals surface area contributed by atoms with Gasteiger partial charge in [-0.15, -0.1) is 0 Å². The van der Waals surface area contributed by atoms with Crippen LogP contribution in [0.5, 0.6) is 0 Å². The molecule has 3 unspecified atom stereocenters. The van der Waals surface area contributed by atoms with Gasteiger partial charge < -0.3 is 20.8 Å². The molecule has 0 aromatic heterocycles. The summed E-state index contributed by atoms with van der Waals surface area (Å²) in [7, 11) is 0. The molecule has 2 amide bonds. The smallest absolute Gasteiger partial charge is 0.252 e. The zero-order chi connectivity index (χ0) is 22.6. The zero-order valence-electron chi connectivity index (χ0n) is 19.5. The summed E-state index contributed by atoms with van der Waals surface area (Å²) in [4.78, 5) is 25.3. The summed E-state index contributed by atoms with van der Waals surface area (Å²) >= 11 is 0. The van der Waals surface area contributed by atoms with E-state index >= 15 is 0 Å². The van der Waals surface area contributed by atoms with Gasteiger partial charge in [-0.3, -0.25) is 9.59 Å². The van der Waals surface area contributed by atoms with Crippen LogP contribution in [0.3, 0.4) is 0 Å². The second kappa shape index (κ2) is 7.87. The maximum absolute atomic E-state index is 13.2. The molecule has 4 rings (SSSR count). The lowest BCUT2D eigenvalue weighted by Gasteiger charge is -2.59. The monoisotopic (exact) mass is 432 g/mol. The van der Waals surface area contributed by atoms with E-state index in [0.29, 0.717) is 31.8 Å². The molecule has 1 aliphatic heterocycles.